The number of nitrogens with zero attached hydrogens (tertiary/aromatic N) is 2. The van der Waals surface area contributed by atoms with Crippen LogP contribution in [0.3, 0.4) is 0 Å². The van der Waals surface area contributed by atoms with E-state index in [0.29, 0.717) is 6.42 Å². The Hall–Kier alpha value is -1.88. The molecule has 1 unspecified atom stereocenters. The SMILES string of the molecule is COc1ccc(CC(N)c2cncn2C)cc1F. The van der Waals surface area contributed by atoms with E-state index in [-0.39, 0.29) is 17.6 Å². The van der Waals surface area contributed by atoms with E-state index in [0.717, 1.165) is 11.3 Å². The first-order valence-electron chi connectivity index (χ1n) is 5.66. The zero-order valence-electron chi connectivity index (χ0n) is 10.4. The molecule has 1 heterocycles. The number of hydrogen-bond acceptors (Lipinski definition) is 3. The number of imidazole rings is 1. The molecule has 0 bridgehead atoms. The minimum Gasteiger partial charge on any atom is -0.494 e. The summed E-state index contributed by atoms with van der Waals surface area (Å²) < 4.78 is 20.3. The van der Waals surface area contributed by atoms with Crippen molar-refractivity contribution in [3.8, 4) is 5.75 Å². The second-order valence-corrected chi connectivity index (χ2v) is 4.21. The summed E-state index contributed by atoms with van der Waals surface area (Å²) in [4.78, 5) is 4.02. The number of ether oxygens (including phenoxy) is 1. The highest BCUT2D eigenvalue weighted by Crippen LogP contribution is 2.21. The highest BCUT2D eigenvalue weighted by Gasteiger charge is 2.12. The highest BCUT2D eigenvalue weighted by atomic mass is 19.1. The van der Waals surface area contributed by atoms with Crippen molar-refractivity contribution < 1.29 is 9.13 Å². The van der Waals surface area contributed by atoms with Crippen LogP contribution in [-0.4, -0.2) is 16.7 Å². The van der Waals surface area contributed by atoms with Gasteiger partial charge in [0.1, 0.15) is 0 Å². The summed E-state index contributed by atoms with van der Waals surface area (Å²) in [5.41, 5.74) is 7.84. The Bertz CT molecular complexity index is 539. The second kappa shape index (κ2) is 5.18. The maximum Gasteiger partial charge on any atom is 0.165 e. The van der Waals surface area contributed by atoms with Crippen LogP contribution in [0.15, 0.2) is 30.7 Å². The van der Waals surface area contributed by atoms with Gasteiger partial charge in [-0.1, -0.05) is 6.07 Å². The van der Waals surface area contributed by atoms with E-state index in [9.17, 15) is 4.39 Å². The Kier molecular flexibility index (Phi) is 3.62. The lowest BCUT2D eigenvalue weighted by Gasteiger charge is -2.13. The molecule has 2 aromatic rings. The number of methoxy groups -OCH3 is 1. The van der Waals surface area contributed by atoms with Crippen molar-refractivity contribution >= 4 is 0 Å². The van der Waals surface area contributed by atoms with Gasteiger partial charge in [0, 0.05) is 13.2 Å². The molecule has 0 fully saturated rings. The molecule has 0 saturated carbocycles. The normalized spacial score (nSPS) is 12.4. The van der Waals surface area contributed by atoms with Crippen LogP contribution in [0.2, 0.25) is 0 Å². The number of halogens is 1. The van der Waals surface area contributed by atoms with Gasteiger partial charge < -0.3 is 15.0 Å². The molecule has 4 nitrogen and oxygen atoms in total. The van der Waals surface area contributed by atoms with Crippen LogP contribution in [0.4, 0.5) is 4.39 Å². The van der Waals surface area contributed by atoms with E-state index in [1.54, 1.807) is 18.6 Å². The van der Waals surface area contributed by atoms with Gasteiger partial charge in [-0.25, -0.2) is 9.37 Å². The number of aromatic nitrogens is 2. The van der Waals surface area contributed by atoms with Crippen molar-refractivity contribution in [1.82, 2.24) is 9.55 Å². The number of benzene rings is 1. The Morgan fingerprint density at radius 1 is 1.50 bits per heavy atom. The third-order valence-corrected chi connectivity index (χ3v) is 2.91. The standard InChI is InChI=1S/C13H16FN3O/c1-17-8-16-7-12(17)11(15)6-9-3-4-13(18-2)10(14)5-9/h3-5,7-8,11H,6,15H2,1-2H3. The number of aryl methyl sites for hydroxylation is 1. The largest absolute Gasteiger partial charge is 0.494 e. The molecule has 1 atom stereocenters. The zero-order valence-corrected chi connectivity index (χ0v) is 10.4. The first-order chi connectivity index (χ1) is 8.61. The lowest BCUT2D eigenvalue weighted by atomic mass is 10.0. The lowest BCUT2D eigenvalue weighted by molar-refractivity contribution is 0.386. The van der Waals surface area contributed by atoms with Crippen LogP contribution in [0.5, 0.6) is 5.75 Å². The Morgan fingerprint density at radius 2 is 2.28 bits per heavy atom. The molecule has 0 amide bonds. The minimum absolute atomic E-state index is 0.203. The number of rotatable bonds is 4. The van der Waals surface area contributed by atoms with E-state index in [1.807, 2.05) is 17.7 Å². The van der Waals surface area contributed by atoms with Crippen LogP contribution < -0.4 is 10.5 Å². The summed E-state index contributed by atoms with van der Waals surface area (Å²) >= 11 is 0. The molecule has 2 N–H and O–H groups in total. The molecular weight excluding hydrogens is 233 g/mol. The van der Waals surface area contributed by atoms with Gasteiger partial charge in [-0.2, -0.15) is 0 Å². The average molecular weight is 249 g/mol. The molecule has 2 rings (SSSR count). The predicted octanol–water partition coefficient (Wildman–Crippen LogP) is 1.81. The van der Waals surface area contributed by atoms with E-state index < -0.39 is 0 Å². The van der Waals surface area contributed by atoms with Crippen molar-refractivity contribution in [1.29, 1.82) is 0 Å². The Morgan fingerprint density at radius 3 is 2.83 bits per heavy atom. The van der Waals surface area contributed by atoms with Gasteiger partial charge in [0.25, 0.3) is 0 Å². The molecule has 5 heteroatoms. The van der Waals surface area contributed by atoms with E-state index in [1.165, 1.54) is 13.2 Å². The van der Waals surface area contributed by atoms with Crippen molar-refractivity contribution in [2.24, 2.45) is 12.8 Å². The summed E-state index contributed by atoms with van der Waals surface area (Å²) in [6.07, 6.45) is 3.98. The van der Waals surface area contributed by atoms with Crippen LogP contribution in [-0.2, 0) is 13.5 Å². The molecule has 96 valence electrons. The fraction of sp³-hybridized carbons (Fsp3) is 0.308. The zero-order chi connectivity index (χ0) is 13.1. The van der Waals surface area contributed by atoms with Gasteiger partial charge in [0.15, 0.2) is 11.6 Å². The fourth-order valence-corrected chi connectivity index (χ4v) is 1.92. The van der Waals surface area contributed by atoms with Gasteiger partial charge in [-0.05, 0) is 24.1 Å². The van der Waals surface area contributed by atoms with Crippen molar-refractivity contribution in [3.63, 3.8) is 0 Å². The van der Waals surface area contributed by atoms with Gasteiger partial charge in [-0.15, -0.1) is 0 Å². The molecule has 1 aromatic heterocycles. The molecule has 0 aliphatic heterocycles. The average Bonchev–Trinajstić information content (AvgIpc) is 2.76. The predicted molar refractivity (Wildman–Crippen MR) is 66.8 cm³/mol. The molecule has 0 radical (unpaired) electrons. The van der Waals surface area contributed by atoms with Crippen molar-refractivity contribution in [2.45, 2.75) is 12.5 Å². The minimum atomic E-state index is -0.368. The smallest absolute Gasteiger partial charge is 0.165 e. The molecule has 1 aromatic carbocycles. The Labute approximate surface area is 105 Å². The van der Waals surface area contributed by atoms with Gasteiger partial charge in [0.2, 0.25) is 0 Å². The summed E-state index contributed by atoms with van der Waals surface area (Å²) in [6, 6.07) is 4.68. The first-order valence-corrected chi connectivity index (χ1v) is 5.66. The topological polar surface area (TPSA) is 53.1 Å². The molecule has 18 heavy (non-hydrogen) atoms. The van der Waals surface area contributed by atoms with E-state index in [2.05, 4.69) is 4.98 Å². The third-order valence-electron chi connectivity index (χ3n) is 2.91. The van der Waals surface area contributed by atoms with E-state index >= 15 is 0 Å². The lowest BCUT2D eigenvalue weighted by Crippen LogP contribution is -2.16. The second-order valence-electron chi connectivity index (χ2n) is 4.21. The first kappa shape index (κ1) is 12.6. The van der Waals surface area contributed by atoms with E-state index in [4.69, 9.17) is 10.5 Å². The number of nitrogens with two attached hydrogens (primary N) is 1. The molecule has 0 saturated heterocycles. The summed E-state index contributed by atoms with van der Waals surface area (Å²) in [7, 11) is 3.33. The molecular formula is C13H16FN3O. The van der Waals surface area contributed by atoms with Crippen LogP contribution in [0.25, 0.3) is 0 Å². The molecule has 0 aliphatic rings. The van der Waals surface area contributed by atoms with Gasteiger partial charge >= 0.3 is 0 Å². The summed E-state index contributed by atoms with van der Waals surface area (Å²) in [6.45, 7) is 0. The maximum absolute atomic E-state index is 13.5. The fourth-order valence-electron chi connectivity index (χ4n) is 1.92. The van der Waals surface area contributed by atoms with Crippen LogP contribution in [0.1, 0.15) is 17.3 Å². The van der Waals surface area contributed by atoms with Gasteiger partial charge in [-0.3, -0.25) is 0 Å². The third kappa shape index (κ3) is 2.51. The van der Waals surface area contributed by atoms with Crippen molar-refractivity contribution in [3.05, 3.63) is 47.8 Å². The molecule has 0 aliphatic carbocycles. The van der Waals surface area contributed by atoms with Gasteiger partial charge in [0.05, 0.1) is 25.2 Å². The van der Waals surface area contributed by atoms with Crippen LogP contribution >= 0.6 is 0 Å². The monoisotopic (exact) mass is 249 g/mol. The summed E-state index contributed by atoms with van der Waals surface area (Å²) in [5.74, 6) is -0.125. The quantitative estimate of drug-likeness (QED) is 0.899. The highest BCUT2D eigenvalue weighted by molar-refractivity contribution is 5.30. The van der Waals surface area contributed by atoms with Crippen molar-refractivity contribution in [2.75, 3.05) is 7.11 Å². The maximum atomic E-state index is 13.5. The number of hydrogen-bond donors (Lipinski definition) is 1. The Balaban J connectivity index is 2.15. The molecule has 0 spiro atoms. The summed E-state index contributed by atoms with van der Waals surface area (Å²) in [5, 5.41) is 0. The van der Waals surface area contributed by atoms with Crippen LogP contribution in [0, 0.1) is 5.82 Å².